The van der Waals surface area contributed by atoms with Crippen molar-refractivity contribution in [3.8, 4) is 0 Å². The number of thioether (sulfide) groups is 2. The molecular weight excluding hydrogens is 284 g/mol. The molecule has 0 spiro atoms. The molecule has 2 N–H and O–H groups in total. The molecule has 2 rings (SSSR count). The maximum Gasteiger partial charge on any atom is 0.335 e. The van der Waals surface area contributed by atoms with Crippen LogP contribution in [0.3, 0.4) is 0 Å². The van der Waals surface area contributed by atoms with Gasteiger partial charge in [0, 0.05) is 11.4 Å². The third kappa shape index (κ3) is 4.29. The van der Waals surface area contributed by atoms with Gasteiger partial charge in [-0.3, -0.25) is 9.79 Å². The zero-order valence-electron chi connectivity index (χ0n) is 9.96. The minimum atomic E-state index is -0.982. The highest BCUT2D eigenvalue weighted by atomic mass is 32.2. The quantitative estimate of drug-likeness (QED) is 0.890. The van der Waals surface area contributed by atoms with Crippen molar-refractivity contribution >= 4 is 45.5 Å². The molecule has 1 aromatic carbocycles. The smallest absolute Gasteiger partial charge is 0.335 e. The molecule has 19 heavy (non-hydrogen) atoms. The van der Waals surface area contributed by atoms with Crippen molar-refractivity contribution in [1.29, 1.82) is 0 Å². The number of nitrogens with one attached hydrogen (secondary N) is 1. The van der Waals surface area contributed by atoms with Crippen LogP contribution in [0, 0.1) is 0 Å². The maximum absolute atomic E-state index is 11.7. The standard InChI is InChI=1S/C12H12N2O3S2/c15-10(7-19-12-13-5-6-18-12)14-9-3-1-8(2-4-9)11(16)17/h1-4H,5-7H2,(H,14,15)(H,16,17). The van der Waals surface area contributed by atoms with E-state index >= 15 is 0 Å². The van der Waals surface area contributed by atoms with Gasteiger partial charge < -0.3 is 10.4 Å². The zero-order valence-corrected chi connectivity index (χ0v) is 11.6. The molecule has 0 fully saturated rings. The lowest BCUT2D eigenvalue weighted by atomic mass is 10.2. The van der Waals surface area contributed by atoms with Crippen molar-refractivity contribution in [2.75, 3.05) is 23.4 Å². The fraction of sp³-hybridized carbons (Fsp3) is 0.250. The number of aromatic carboxylic acids is 1. The number of anilines is 1. The molecule has 1 aliphatic rings. The van der Waals surface area contributed by atoms with Crippen LogP contribution in [0.5, 0.6) is 0 Å². The number of carboxylic acids is 1. The van der Waals surface area contributed by atoms with E-state index in [1.165, 1.54) is 23.9 Å². The number of hydrogen-bond donors (Lipinski definition) is 2. The predicted molar refractivity (Wildman–Crippen MR) is 79.2 cm³/mol. The van der Waals surface area contributed by atoms with Gasteiger partial charge >= 0.3 is 5.97 Å². The Bertz CT molecular complexity index is 514. The normalized spacial score (nSPS) is 14.0. The van der Waals surface area contributed by atoms with Crippen LogP contribution in [0.15, 0.2) is 29.3 Å². The van der Waals surface area contributed by atoms with Gasteiger partial charge in [0.15, 0.2) is 0 Å². The molecular formula is C12H12N2O3S2. The monoisotopic (exact) mass is 296 g/mol. The lowest BCUT2D eigenvalue weighted by Crippen LogP contribution is -2.14. The van der Waals surface area contributed by atoms with Crippen molar-refractivity contribution in [2.45, 2.75) is 0 Å². The number of carbonyl (C=O) groups is 2. The summed E-state index contributed by atoms with van der Waals surface area (Å²) in [6.07, 6.45) is 0. The molecule has 1 amide bonds. The van der Waals surface area contributed by atoms with E-state index in [-0.39, 0.29) is 11.5 Å². The Kier molecular flexibility index (Phi) is 4.86. The van der Waals surface area contributed by atoms with Gasteiger partial charge in [0.25, 0.3) is 0 Å². The summed E-state index contributed by atoms with van der Waals surface area (Å²) in [6.45, 7) is 0.825. The lowest BCUT2D eigenvalue weighted by molar-refractivity contribution is -0.113. The number of carbonyl (C=O) groups excluding carboxylic acids is 1. The SMILES string of the molecule is O=C(CSC1=NCCS1)Nc1ccc(C(=O)O)cc1. The van der Waals surface area contributed by atoms with Crippen LogP contribution >= 0.6 is 23.5 Å². The van der Waals surface area contributed by atoms with Gasteiger partial charge in [-0.2, -0.15) is 0 Å². The highest BCUT2D eigenvalue weighted by Gasteiger charge is 2.10. The maximum atomic E-state index is 11.7. The highest BCUT2D eigenvalue weighted by molar-refractivity contribution is 8.39. The highest BCUT2D eigenvalue weighted by Crippen LogP contribution is 2.22. The third-order valence-corrected chi connectivity index (χ3v) is 4.55. The first-order valence-corrected chi connectivity index (χ1v) is 7.55. The van der Waals surface area contributed by atoms with Crippen molar-refractivity contribution in [3.63, 3.8) is 0 Å². The molecule has 0 bridgehead atoms. The number of carboxylic acid groups (broad SMARTS) is 1. The Hall–Kier alpha value is -1.47. The molecule has 0 radical (unpaired) electrons. The molecule has 0 saturated heterocycles. The third-order valence-electron chi connectivity index (χ3n) is 2.30. The number of aliphatic imine (C=N–C) groups is 1. The number of nitrogens with zero attached hydrogens (tertiary/aromatic N) is 1. The van der Waals surface area contributed by atoms with E-state index in [2.05, 4.69) is 10.3 Å². The zero-order chi connectivity index (χ0) is 13.7. The second kappa shape index (κ2) is 6.63. The molecule has 100 valence electrons. The van der Waals surface area contributed by atoms with Gasteiger partial charge in [-0.1, -0.05) is 23.5 Å². The minimum Gasteiger partial charge on any atom is -0.478 e. The van der Waals surface area contributed by atoms with Gasteiger partial charge in [-0.15, -0.1) is 0 Å². The second-order valence-corrected chi connectivity index (χ2v) is 6.02. The molecule has 0 aromatic heterocycles. The Morgan fingerprint density at radius 1 is 1.37 bits per heavy atom. The summed E-state index contributed by atoms with van der Waals surface area (Å²) in [5, 5.41) is 11.5. The average Bonchev–Trinajstić information content (AvgIpc) is 2.90. The number of benzene rings is 1. The fourth-order valence-corrected chi connectivity index (χ4v) is 3.23. The summed E-state index contributed by atoms with van der Waals surface area (Å²) in [5.41, 5.74) is 0.792. The van der Waals surface area contributed by atoms with Crippen LogP contribution in [0.25, 0.3) is 0 Å². The molecule has 0 unspecified atom stereocenters. The van der Waals surface area contributed by atoms with Gasteiger partial charge in [-0.05, 0) is 24.3 Å². The average molecular weight is 296 g/mol. The molecule has 1 heterocycles. The van der Waals surface area contributed by atoms with Gasteiger partial charge in [-0.25, -0.2) is 4.79 Å². The first-order chi connectivity index (χ1) is 9.15. The predicted octanol–water partition coefficient (Wildman–Crippen LogP) is 2.16. The summed E-state index contributed by atoms with van der Waals surface area (Å²) in [7, 11) is 0. The Labute approximate surface area is 118 Å². The second-order valence-electron chi connectivity index (χ2n) is 3.72. The van der Waals surface area contributed by atoms with E-state index in [0.29, 0.717) is 11.4 Å². The van der Waals surface area contributed by atoms with Gasteiger partial charge in [0.1, 0.15) is 4.38 Å². The summed E-state index contributed by atoms with van der Waals surface area (Å²) >= 11 is 3.09. The van der Waals surface area contributed by atoms with Gasteiger partial charge in [0.05, 0.1) is 17.9 Å². The van der Waals surface area contributed by atoms with E-state index in [1.54, 1.807) is 23.9 Å². The summed E-state index contributed by atoms with van der Waals surface area (Å²) in [4.78, 5) is 26.6. The topological polar surface area (TPSA) is 78.8 Å². The van der Waals surface area contributed by atoms with Gasteiger partial charge in [0.2, 0.25) is 5.91 Å². The Morgan fingerprint density at radius 3 is 2.68 bits per heavy atom. The largest absolute Gasteiger partial charge is 0.478 e. The molecule has 0 atom stereocenters. The van der Waals surface area contributed by atoms with E-state index < -0.39 is 5.97 Å². The molecule has 1 aliphatic heterocycles. The Morgan fingerprint density at radius 2 is 2.11 bits per heavy atom. The van der Waals surface area contributed by atoms with Crippen molar-refractivity contribution in [3.05, 3.63) is 29.8 Å². The van der Waals surface area contributed by atoms with Crippen molar-refractivity contribution in [2.24, 2.45) is 4.99 Å². The van der Waals surface area contributed by atoms with Crippen LogP contribution in [0.4, 0.5) is 5.69 Å². The first-order valence-electron chi connectivity index (χ1n) is 5.58. The van der Waals surface area contributed by atoms with Crippen molar-refractivity contribution < 1.29 is 14.7 Å². The fourth-order valence-electron chi connectivity index (χ4n) is 1.42. The van der Waals surface area contributed by atoms with E-state index in [0.717, 1.165) is 16.7 Å². The van der Waals surface area contributed by atoms with E-state index in [1.807, 2.05) is 0 Å². The molecule has 5 nitrogen and oxygen atoms in total. The summed E-state index contributed by atoms with van der Waals surface area (Å²) in [5.74, 6) is 0.195. The lowest BCUT2D eigenvalue weighted by Gasteiger charge is -2.05. The minimum absolute atomic E-state index is 0.122. The van der Waals surface area contributed by atoms with E-state index in [4.69, 9.17) is 5.11 Å². The number of amides is 1. The van der Waals surface area contributed by atoms with E-state index in [9.17, 15) is 9.59 Å². The molecule has 0 saturated carbocycles. The van der Waals surface area contributed by atoms with Crippen LogP contribution in [-0.4, -0.2) is 39.4 Å². The first kappa shape index (κ1) is 14.0. The summed E-state index contributed by atoms with van der Waals surface area (Å²) < 4.78 is 0.955. The van der Waals surface area contributed by atoms with Crippen LogP contribution in [0.2, 0.25) is 0 Å². The molecule has 7 heteroatoms. The van der Waals surface area contributed by atoms with Crippen molar-refractivity contribution in [1.82, 2.24) is 0 Å². The number of rotatable bonds is 4. The van der Waals surface area contributed by atoms with Crippen LogP contribution in [-0.2, 0) is 4.79 Å². The molecule has 0 aliphatic carbocycles. The molecule has 1 aromatic rings. The van der Waals surface area contributed by atoms with Crippen LogP contribution in [0.1, 0.15) is 10.4 Å². The van der Waals surface area contributed by atoms with Crippen LogP contribution < -0.4 is 5.32 Å². The Balaban J connectivity index is 1.82. The number of hydrogen-bond acceptors (Lipinski definition) is 5. The summed E-state index contributed by atoms with van der Waals surface area (Å²) in [6, 6.07) is 6.08.